The highest BCUT2D eigenvalue weighted by Crippen LogP contribution is 2.51. The van der Waals surface area contributed by atoms with E-state index in [9.17, 15) is 4.79 Å². The largest absolute Gasteiger partial charge is 0.499 e. The summed E-state index contributed by atoms with van der Waals surface area (Å²) in [6.07, 6.45) is 11.0. The molecule has 28 heavy (non-hydrogen) atoms. The van der Waals surface area contributed by atoms with Gasteiger partial charge in [-0.3, -0.25) is 4.79 Å². The third-order valence-corrected chi connectivity index (χ3v) is 4.49. The molecule has 2 rings (SSSR count). The number of amides is 1. The lowest BCUT2D eigenvalue weighted by molar-refractivity contribution is -0.133. The van der Waals surface area contributed by atoms with Gasteiger partial charge >= 0.3 is 0 Å². The number of hydrogen-bond donors (Lipinski definition) is 2. The van der Waals surface area contributed by atoms with Crippen LogP contribution in [0.15, 0.2) is 72.4 Å². The van der Waals surface area contributed by atoms with E-state index in [0.717, 1.165) is 5.70 Å². The Morgan fingerprint density at radius 1 is 1.50 bits per heavy atom. The summed E-state index contributed by atoms with van der Waals surface area (Å²) in [7, 11) is 0. The van der Waals surface area contributed by atoms with Gasteiger partial charge in [0.15, 0.2) is 6.79 Å². The van der Waals surface area contributed by atoms with E-state index in [4.69, 9.17) is 20.3 Å². The first-order valence-corrected chi connectivity index (χ1v) is 9.51. The number of allylic oxidation sites excluding steroid dienone is 6. The van der Waals surface area contributed by atoms with E-state index in [-0.39, 0.29) is 12.5 Å². The van der Waals surface area contributed by atoms with Crippen LogP contribution in [0.1, 0.15) is 27.2 Å². The van der Waals surface area contributed by atoms with E-state index in [0.29, 0.717) is 36.4 Å². The smallest absolute Gasteiger partial charge is 0.245 e. The van der Waals surface area contributed by atoms with Crippen molar-refractivity contribution in [3.05, 3.63) is 72.4 Å². The van der Waals surface area contributed by atoms with Crippen molar-refractivity contribution in [3.63, 3.8) is 0 Å². The number of aliphatic hydroxyl groups excluding tert-OH is 1. The fourth-order valence-corrected chi connectivity index (χ4v) is 3.13. The second-order valence-electron chi connectivity index (χ2n) is 5.97. The van der Waals surface area contributed by atoms with Gasteiger partial charge in [0.05, 0.1) is 6.26 Å². The van der Waals surface area contributed by atoms with Gasteiger partial charge in [-0.25, -0.2) is 0 Å². The molecule has 1 unspecified atom stereocenters. The summed E-state index contributed by atoms with van der Waals surface area (Å²) in [4.78, 5) is 15.1. The highest BCUT2D eigenvalue weighted by Gasteiger charge is 2.56. The third-order valence-electron chi connectivity index (χ3n) is 4.49. The maximum atomic E-state index is 13.4. The minimum Gasteiger partial charge on any atom is -0.499 e. The van der Waals surface area contributed by atoms with Crippen LogP contribution in [-0.4, -0.2) is 42.4 Å². The topological polar surface area (TPSA) is 85.0 Å². The van der Waals surface area contributed by atoms with Crippen LogP contribution in [0.25, 0.3) is 0 Å². The number of likely N-dealkylation sites (tertiary alicyclic amines) is 1. The molecular formula is C22H32N2O4. The van der Waals surface area contributed by atoms with Crippen molar-refractivity contribution in [1.82, 2.24) is 4.90 Å². The molecule has 154 valence electrons. The predicted molar refractivity (Wildman–Crippen MR) is 112 cm³/mol. The molecule has 0 aromatic carbocycles. The van der Waals surface area contributed by atoms with Crippen LogP contribution in [0.5, 0.6) is 0 Å². The third kappa shape index (κ3) is 4.46. The SMILES string of the molecule is C=C/C(=C\C1=COCC12C(=C)/C(=C\C=C/C)N(CCCN)C2=O)OCO.CC. The van der Waals surface area contributed by atoms with E-state index in [2.05, 4.69) is 13.2 Å². The van der Waals surface area contributed by atoms with Gasteiger partial charge in [-0.15, -0.1) is 0 Å². The maximum Gasteiger partial charge on any atom is 0.245 e. The first-order valence-electron chi connectivity index (χ1n) is 9.51. The van der Waals surface area contributed by atoms with E-state index < -0.39 is 12.2 Å². The Balaban J connectivity index is 0.00000190. The Labute approximate surface area is 168 Å². The first kappa shape index (κ1) is 23.5. The van der Waals surface area contributed by atoms with E-state index >= 15 is 0 Å². The van der Waals surface area contributed by atoms with Crippen molar-refractivity contribution in [2.24, 2.45) is 11.1 Å². The van der Waals surface area contributed by atoms with Crippen molar-refractivity contribution >= 4 is 5.91 Å². The van der Waals surface area contributed by atoms with Crippen molar-refractivity contribution < 1.29 is 19.4 Å². The number of nitrogens with two attached hydrogens (primary N) is 1. The average molecular weight is 389 g/mol. The molecule has 0 aromatic rings. The summed E-state index contributed by atoms with van der Waals surface area (Å²) >= 11 is 0. The molecule has 1 saturated heterocycles. The summed E-state index contributed by atoms with van der Waals surface area (Å²) in [6.45, 7) is 14.5. The van der Waals surface area contributed by atoms with Gasteiger partial charge in [0.1, 0.15) is 17.8 Å². The van der Waals surface area contributed by atoms with Crippen LogP contribution < -0.4 is 5.73 Å². The zero-order valence-electron chi connectivity index (χ0n) is 17.1. The van der Waals surface area contributed by atoms with Gasteiger partial charge in [0, 0.05) is 17.8 Å². The van der Waals surface area contributed by atoms with Crippen LogP contribution in [-0.2, 0) is 14.3 Å². The van der Waals surface area contributed by atoms with E-state index in [1.165, 1.54) is 12.3 Å². The zero-order valence-corrected chi connectivity index (χ0v) is 17.1. The number of hydrogen-bond acceptors (Lipinski definition) is 5. The molecule has 0 saturated carbocycles. The lowest BCUT2D eigenvalue weighted by atomic mass is 9.77. The molecule has 2 heterocycles. The fourth-order valence-electron chi connectivity index (χ4n) is 3.13. The Morgan fingerprint density at radius 2 is 2.21 bits per heavy atom. The molecule has 2 aliphatic heterocycles. The molecule has 6 nitrogen and oxygen atoms in total. The van der Waals surface area contributed by atoms with Crippen molar-refractivity contribution in [2.75, 3.05) is 26.5 Å². The van der Waals surface area contributed by atoms with Gasteiger partial charge in [-0.2, -0.15) is 0 Å². The van der Waals surface area contributed by atoms with Crippen LogP contribution >= 0.6 is 0 Å². The van der Waals surface area contributed by atoms with Crippen molar-refractivity contribution in [3.8, 4) is 0 Å². The predicted octanol–water partition coefficient (Wildman–Crippen LogP) is 3.16. The van der Waals surface area contributed by atoms with Crippen LogP contribution in [0.3, 0.4) is 0 Å². The number of carbonyl (C=O) groups excluding carboxylic acids is 1. The quantitative estimate of drug-likeness (QED) is 0.379. The molecule has 1 atom stereocenters. The summed E-state index contributed by atoms with van der Waals surface area (Å²) in [5, 5.41) is 9.00. The van der Waals surface area contributed by atoms with Crippen LogP contribution in [0, 0.1) is 5.41 Å². The zero-order chi connectivity index (χ0) is 21.2. The Morgan fingerprint density at radius 3 is 2.79 bits per heavy atom. The van der Waals surface area contributed by atoms with Gasteiger partial charge in [-0.1, -0.05) is 39.2 Å². The number of aliphatic hydroxyl groups is 1. The maximum absolute atomic E-state index is 13.4. The average Bonchev–Trinajstić information content (AvgIpc) is 3.22. The molecule has 0 aromatic heterocycles. The van der Waals surface area contributed by atoms with Crippen molar-refractivity contribution in [2.45, 2.75) is 27.2 Å². The summed E-state index contributed by atoms with van der Waals surface area (Å²) in [5.74, 6) is 0.253. The Hall–Kier alpha value is -2.57. The number of carbonyl (C=O) groups is 1. The summed E-state index contributed by atoms with van der Waals surface area (Å²) in [6, 6.07) is 0. The molecule has 6 heteroatoms. The monoisotopic (exact) mass is 388 g/mol. The molecule has 1 fully saturated rings. The Kier molecular flexibility index (Phi) is 9.48. The summed E-state index contributed by atoms with van der Waals surface area (Å²) < 4.78 is 10.6. The highest BCUT2D eigenvalue weighted by molar-refractivity contribution is 5.98. The standard InChI is InChI=1S/C20H26N2O4.C2H6/c1-4-6-8-18-15(3)20(19(24)22(18)10-7-9-21)13-25-12-16(20)11-17(5-2)26-14-23;1-2/h4-6,8,11-12,23H,2-3,7,9-10,13-14,21H2,1H3;1-2H3/b6-4-,17-11+,18-8+;. The first-order chi connectivity index (χ1) is 13.6. The van der Waals surface area contributed by atoms with Crippen molar-refractivity contribution in [1.29, 1.82) is 0 Å². The number of rotatable bonds is 8. The van der Waals surface area contributed by atoms with Gasteiger partial charge in [-0.05, 0) is 43.7 Å². The molecule has 1 spiro atoms. The van der Waals surface area contributed by atoms with Crippen LogP contribution in [0.2, 0.25) is 0 Å². The normalized spacial score (nSPS) is 23.2. The molecule has 0 radical (unpaired) electrons. The van der Waals surface area contributed by atoms with E-state index in [1.807, 2.05) is 39.0 Å². The molecular weight excluding hydrogens is 356 g/mol. The second-order valence-corrected chi connectivity index (χ2v) is 5.97. The summed E-state index contributed by atoms with van der Waals surface area (Å²) in [5.41, 5.74) is 6.68. The van der Waals surface area contributed by atoms with Crippen LogP contribution in [0.4, 0.5) is 0 Å². The lowest BCUT2D eigenvalue weighted by Gasteiger charge is -2.23. The molecule has 0 bridgehead atoms. The fraction of sp³-hybridized carbons (Fsp3) is 0.409. The second kappa shape index (κ2) is 11.3. The van der Waals surface area contributed by atoms with Gasteiger partial charge in [0.25, 0.3) is 0 Å². The van der Waals surface area contributed by atoms with E-state index in [1.54, 1.807) is 11.0 Å². The lowest BCUT2D eigenvalue weighted by Crippen LogP contribution is -2.37. The number of nitrogens with zero attached hydrogens (tertiary/aromatic N) is 1. The minimum atomic E-state index is -1.00. The Bertz CT molecular complexity index is 703. The molecule has 2 aliphatic rings. The van der Waals surface area contributed by atoms with Gasteiger partial charge in [0.2, 0.25) is 5.91 Å². The van der Waals surface area contributed by atoms with Gasteiger partial charge < -0.3 is 25.2 Å². The molecule has 0 aliphatic carbocycles. The molecule has 3 N–H and O–H groups in total. The molecule has 1 amide bonds. The highest BCUT2D eigenvalue weighted by atomic mass is 16.6. The minimum absolute atomic E-state index is 0.0980. The number of ether oxygens (including phenoxy) is 2.